The molecule has 1 aromatic rings. The predicted molar refractivity (Wildman–Crippen MR) is 79.6 cm³/mol. The molecule has 0 aliphatic carbocycles. The Morgan fingerprint density at radius 3 is 2.20 bits per heavy atom. The Morgan fingerprint density at radius 1 is 1.20 bits per heavy atom. The van der Waals surface area contributed by atoms with Crippen LogP contribution in [0, 0.1) is 11.3 Å². The average Bonchev–Trinajstić information content (AvgIpc) is 2.29. The highest BCUT2D eigenvalue weighted by Crippen LogP contribution is 2.27. The van der Waals surface area contributed by atoms with Crippen molar-refractivity contribution in [2.24, 2.45) is 11.3 Å². The van der Waals surface area contributed by atoms with E-state index in [0.29, 0.717) is 11.6 Å². The van der Waals surface area contributed by atoms with Gasteiger partial charge >= 0.3 is 5.97 Å². The van der Waals surface area contributed by atoms with Crippen LogP contribution in [0.1, 0.15) is 39.7 Å². The number of hydrogen-bond donors (Lipinski definition) is 2. The highest BCUT2D eigenvalue weighted by Gasteiger charge is 2.28. The van der Waals surface area contributed by atoms with E-state index in [-0.39, 0.29) is 12.3 Å². The lowest BCUT2D eigenvalue weighted by atomic mass is 9.83. The van der Waals surface area contributed by atoms with Crippen molar-refractivity contribution < 1.29 is 14.7 Å². The van der Waals surface area contributed by atoms with Crippen LogP contribution in [0.25, 0.3) is 0 Å². The lowest BCUT2D eigenvalue weighted by molar-refractivity contribution is -0.136. The third kappa shape index (κ3) is 5.03. The van der Waals surface area contributed by atoms with Crippen LogP contribution in [0.5, 0.6) is 0 Å². The molecular formula is C16H23NO3. The molecule has 0 heterocycles. The van der Waals surface area contributed by atoms with Crippen LogP contribution in [-0.2, 0) is 16.0 Å². The van der Waals surface area contributed by atoms with Crippen molar-refractivity contribution in [3.8, 4) is 0 Å². The molecule has 0 saturated carbocycles. The minimum Gasteiger partial charge on any atom is -0.481 e. The summed E-state index contributed by atoms with van der Waals surface area (Å²) in [6.07, 6.45) is 0.809. The molecule has 110 valence electrons. The second-order valence-electron chi connectivity index (χ2n) is 6.20. The zero-order valence-corrected chi connectivity index (χ0v) is 12.6. The first kappa shape index (κ1) is 16.2. The molecule has 1 rings (SSSR count). The minimum atomic E-state index is -0.861. The largest absolute Gasteiger partial charge is 0.481 e. The quantitative estimate of drug-likeness (QED) is 0.838. The number of hydrogen-bond acceptors (Lipinski definition) is 2. The zero-order chi connectivity index (χ0) is 15.3. The summed E-state index contributed by atoms with van der Waals surface area (Å²) in [5.41, 5.74) is 0.992. The predicted octanol–water partition coefficient (Wildman–Crippen LogP) is 3.32. The average molecular weight is 277 g/mol. The van der Waals surface area contributed by atoms with Crippen molar-refractivity contribution in [2.75, 3.05) is 5.32 Å². The van der Waals surface area contributed by atoms with Crippen molar-refractivity contribution in [2.45, 2.75) is 40.5 Å². The standard InChI is InChI=1S/C16H23NO3/c1-11(2)10-16(3,4)15(20)17-13-7-5-12(6-8-13)9-14(18)19/h5-8,11H,9-10H2,1-4H3,(H,17,20)(H,18,19). The number of benzene rings is 1. The fourth-order valence-electron chi connectivity index (χ4n) is 2.29. The van der Waals surface area contributed by atoms with E-state index in [4.69, 9.17) is 5.11 Å². The van der Waals surface area contributed by atoms with Gasteiger partial charge in [-0.05, 0) is 30.0 Å². The van der Waals surface area contributed by atoms with Gasteiger partial charge in [-0.1, -0.05) is 39.8 Å². The van der Waals surface area contributed by atoms with Crippen LogP contribution < -0.4 is 5.32 Å². The summed E-state index contributed by atoms with van der Waals surface area (Å²) in [5, 5.41) is 11.6. The molecule has 20 heavy (non-hydrogen) atoms. The van der Waals surface area contributed by atoms with Crippen LogP contribution in [0.3, 0.4) is 0 Å². The summed E-state index contributed by atoms with van der Waals surface area (Å²) in [6.45, 7) is 8.05. The fraction of sp³-hybridized carbons (Fsp3) is 0.500. The van der Waals surface area contributed by atoms with Crippen molar-refractivity contribution in [1.82, 2.24) is 0 Å². The van der Waals surface area contributed by atoms with Gasteiger partial charge in [-0.25, -0.2) is 0 Å². The molecule has 4 nitrogen and oxygen atoms in total. The van der Waals surface area contributed by atoms with Gasteiger partial charge in [-0.2, -0.15) is 0 Å². The zero-order valence-electron chi connectivity index (χ0n) is 12.6. The number of anilines is 1. The number of rotatable bonds is 6. The van der Waals surface area contributed by atoms with Crippen molar-refractivity contribution in [3.05, 3.63) is 29.8 Å². The Hall–Kier alpha value is -1.84. The van der Waals surface area contributed by atoms with Gasteiger partial charge < -0.3 is 10.4 Å². The fourth-order valence-corrected chi connectivity index (χ4v) is 2.29. The van der Waals surface area contributed by atoms with Crippen molar-refractivity contribution >= 4 is 17.6 Å². The lowest BCUT2D eigenvalue weighted by Gasteiger charge is -2.25. The van der Waals surface area contributed by atoms with Crippen LogP contribution >= 0.6 is 0 Å². The molecule has 0 fully saturated rings. The molecule has 0 unspecified atom stereocenters. The third-order valence-electron chi connectivity index (χ3n) is 3.10. The van der Waals surface area contributed by atoms with E-state index < -0.39 is 11.4 Å². The van der Waals surface area contributed by atoms with Gasteiger partial charge in [0.05, 0.1) is 6.42 Å². The summed E-state index contributed by atoms with van der Waals surface area (Å²) in [7, 11) is 0. The van der Waals surface area contributed by atoms with Gasteiger partial charge in [0.2, 0.25) is 5.91 Å². The molecule has 0 aromatic heterocycles. The maximum Gasteiger partial charge on any atom is 0.307 e. The Bertz CT molecular complexity index is 475. The molecule has 0 aliphatic rings. The Morgan fingerprint density at radius 2 is 1.75 bits per heavy atom. The first-order valence-corrected chi connectivity index (χ1v) is 6.83. The number of aliphatic carboxylic acids is 1. The summed E-state index contributed by atoms with van der Waals surface area (Å²) < 4.78 is 0. The van der Waals surface area contributed by atoms with E-state index in [1.54, 1.807) is 24.3 Å². The van der Waals surface area contributed by atoms with Crippen molar-refractivity contribution in [1.29, 1.82) is 0 Å². The summed E-state index contributed by atoms with van der Waals surface area (Å²) in [6, 6.07) is 6.92. The molecule has 0 spiro atoms. The normalized spacial score (nSPS) is 11.4. The molecule has 0 saturated heterocycles. The molecule has 1 amide bonds. The summed E-state index contributed by atoms with van der Waals surface area (Å²) in [4.78, 5) is 22.8. The number of nitrogens with one attached hydrogen (secondary N) is 1. The number of amides is 1. The van der Waals surface area contributed by atoms with Gasteiger partial charge in [-0.3, -0.25) is 9.59 Å². The van der Waals surface area contributed by atoms with Crippen molar-refractivity contribution in [3.63, 3.8) is 0 Å². The molecule has 0 bridgehead atoms. The van der Waals surface area contributed by atoms with E-state index in [2.05, 4.69) is 19.2 Å². The molecule has 4 heteroatoms. The highest BCUT2D eigenvalue weighted by molar-refractivity contribution is 5.94. The van der Waals surface area contributed by atoms with E-state index in [9.17, 15) is 9.59 Å². The maximum absolute atomic E-state index is 12.2. The van der Waals surface area contributed by atoms with E-state index in [0.717, 1.165) is 12.0 Å². The van der Waals surface area contributed by atoms with Gasteiger partial charge in [0.25, 0.3) is 0 Å². The summed E-state index contributed by atoms with van der Waals surface area (Å²) >= 11 is 0. The molecule has 0 aliphatic heterocycles. The first-order valence-electron chi connectivity index (χ1n) is 6.83. The molecule has 1 aromatic carbocycles. The minimum absolute atomic E-state index is 0.00688. The Kier molecular flexibility index (Phi) is 5.31. The van der Waals surface area contributed by atoms with Crippen LogP contribution in [0.15, 0.2) is 24.3 Å². The molecule has 2 N–H and O–H groups in total. The van der Waals surface area contributed by atoms with Gasteiger partial charge in [0.1, 0.15) is 0 Å². The molecule has 0 atom stereocenters. The number of carbonyl (C=O) groups is 2. The topological polar surface area (TPSA) is 66.4 Å². The van der Waals surface area contributed by atoms with E-state index >= 15 is 0 Å². The molecular weight excluding hydrogens is 254 g/mol. The monoisotopic (exact) mass is 277 g/mol. The Labute approximate surface area is 120 Å². The lowest BCUT2D eigenvalue weighted by Crippen LogP contribution is -2.32. The SMILES string of the molecule is CC(C)CC(C)(C)C(=O)Nc1ccc(CC(=O)O)cc1. The maximum atomic E-state index is 12.2. The Balaban J connectivity index is 2.68. The van der Waals surface area contributed by atoms with Crippen LogP contribution in [0.2, 0.25) is 0 Å². The highest BCUT2D eigenvalue weighted by atomic mass is 16.4. The number of carboxylic acid groups (broad SMARTS) is 1. The van der Waals surface area contributed by atoms with Crippen LogP contribution in [0.4, 0.5) is 5.69 Å². The number of carboxylic acids is 1. The smallest absolute Gasteiger partial charge is 0.307 e. The third-order valence-corrected chi connectivity index (χ3v) is 3.10. The van der Waals surface area contributed by atoms with Crippen LogP contribution in [-0.4, -0.2) is 17.0 Å². The van der Waals surface area contributed by atoms with Gasteiger partial charge in [-0.15, -0.1) is 0 Å². The van der Waals surface area contributed by atoms with E-state index in [1.807, 2.05) is 13.8 Å². The summed E-state index contributed by atoms with van der Waals surface area (Å²) in [5.74, 6) is -0.425. The second-order valence-corrected chi connectivity index (χ2v) is 6.20. The van der Waals surface area contributed by atoms with E-state index in [1.165, 1.54) is 0 Å². The van der Waals surface area contributed by atoms with Gasteiger partial charge in [0, 0.05) is 11.1 Å². The second kappa shape index (κ2) is 6.55. The number of carbonyl (C=O) groups excluding carboxylic acids is 1. The first-order chi connectivity index (χ1) is 9.20. The molecule has 0 radical (unpaired) electrons. The van der Waals surface area contributed by atoms with Gasteiger partial charge in [0.15, 0.2) is 0 Å².